The number of amides is 1. The molecule has 3 heterocycles. The van der Waals surface area contributed by atoms with Crippen molar-refractivity contribution in [1.29, 1.82) is 0 Å². The number of nitrogens with one attached hydrogen (secondary N) is 1. The first kappa shape index (κ1) is 18.4. The predicted molar refractivity (Wildman–Crippen MR) is 75.9 cm³/mol. The second-order valence-electron chi connectivity index (χ2n) is 6.37. The van der Waals surface area contributed by atoms with Crippen molar-refractivity contribution in [3.05, 3.63) is 22.6 Å². The van der Waals surface area contributed by atoms with Crippen LogP contribution in [0.3, 0.4) is 0 Å². The second-order valence-corrected chi connectivity index (χ2v) is 6.37. The van der Waals surface area contributed by atoms with Gasteiger partial charge in [0.2, 0.25) is 5.78 Å². The zero-order valence-electron chi connectivity index (χ0n) is 14.1. The van der Waals surface area contributed by atoms with E-state index in [0.717, 1.165) is 0 Å². The van der Waals surface area contributed by atoms with Crippen molar-refractivity contribution in [3.63, 3.8) is 0 Å². The van der Waals surface area contributed by atoms with E-state index in [0.29, 0.717) is 6.54 Å². The molecule has 10 heteroatoms. The first-order chi connectivity index (χ1) is 11.3. The number of nitrogens with zero attached hydrogens (tertiary/aromatic N) is 1. The zero-order chi connectivity index (χ0) is 17.4. The molecule has 0 bridgehead atoms. The van der Waals surface area contributed by atoms with Crippen molar-refractivity contribution in [2.45, 2.75) is 24.7 Å². The van der Waals surface area contributed by atoms with Gasteiger partial charge in [0.1, 0.15) is 6.61 Å². The molecule has 0 spiro atoms. The number of ketones is 2. The summed E-state index contributed by atoms with van der Waals surface area (Å²) in [4.78, 5) is 38.0. The molecule has 2 saturated heterocycles. The number of rotatable bonds is 3. The van der Waals surface area contributed by atoms with Crippen molar-refractivity contribution in [3.8, 4) is 0 Å². The number of allylic oxidation sites excluding steroid dienone is 2. The van der Waals surface area contributed by atoms with Gasteiger partial charge in [-0.1, -0.05) is 5.76 Å². The number of hydrogen-bond acceptors (Lipinski definition) is 8. The van der Waals surface area contributed by atoms with Gasteiger partial charge in [0, 0.05) is 25.3 Å². The molecule has 0 unspecified atom stereocenters. The number of fused-ring (bicyclic) bond motifs is 4. The molecular weight excluding hydrogens is 341 g/mol. The van der Waals surface area contributed by atoms with Gasteiger partial charge in [-0.25, -0.2) is 4.79 Å². The fourth-order valence-electron chi connectivity index (χ4n) is 4.27. The van der Waals surface area contributed by atoms with E-state index >= 15 is 0 Å². The van der Waals surface area contributed by atoms with E-state index in [1.165, 1.54) is 14.0 Å². The Labute approximate surface area is 165 Å². The van der Waals surface area contributed by atoms with Crippen LogP contribution in [0.5, 0.6) is 0 Å². The van der Waals surface area contributed by atoms with E-state index in [2.05, 4.69) is 5.32 Å². The summed E-state index contributed by atoms with van der Waals surface area (Å²) in [6.07, 6.45) is -0.996. The summed E-state index contributed by atoms with van der Waals surface area (Å²) < 4.78 is 10.7. The Bertz CT molecular complexity index is 762. The minimum atomic E-state index is -1.04. The maximum atomic E-state index is 12.7. The van der Waals surface area contributed by atoms with Crippen LogP contribution in [-0.2, 0) is 19.1 Å². The van der Waals surface area contributed by atoms with Crippen molar-refractivity contribution in [2.75, 3.05) is 20.3 Å². The van der Waals surface area contributed by atoms with Gasteiger partial charge in [-0.15, -0.1) is 0 Å². The van der Waals surface area contributed by atoms with Gasteiger partial charge in [-0.3, -0.25) is 9.59 Å². The Morgan fingerprint density at radius 1 is 1.44 bits per heavy atom. The number of piperazine rings is 1. The maximum absolute atomic E-state index is 12.7. The molecule has 4 atom stereocenters. The first-order valence-corrected chi connectivity index (χ1v) is 7.57. The molecule has 128 valence electrons. The molecule has 4 rings (SSSR count). The van der Waals surface area contributed by atoms with E-state index in [9.17, 15) is 19.5 Å². The van der Waals surface area contributed by atoms with Gasteiger partial charge in [-0.05, 0) is 12.5 Å². The summed E-state index contributed by atoms with van der Waals surface area (Å²) in [5.41, 5.74) is 4.15. The van der Waals surface area contributed by atoms with E-state index in [-0.39, 0.29) is 65.1 Å². The third-order valence-electron chi connectivity index (χ3n) is 5.37. The molecule has 2 fully saturated rings. The van der Waals surface area contributed by atoms with E-state index in [1.54, 1.807) is 4.90 Å². The number of carbonyl (C=O) groups excluding carboxylic acids is 3. The average Bonchev–Trinajstić information content (AvgIpc) is 3.16. The van der Waals surface area contributed by atoms with Crippen LogP contribution in [0.1, 0.15) is 6.92 Å². The molecule has 0 aromatic rings. The molecule has 0 saturated carbocycles. The van der Waals surface area contributed by atoms with Gasteiger partial charge in [0.25, 0.3) is 0 Å². The van der Waals surface area contributed by atoms with Crippen molar-refractivity contribution < 1.29 is 58.5 Å². The predicted octanol–water partition coefficient (Wildman–Crippen LogP) is -5.25. The van der Waals surface area contributed by atoms with Crippen LogP contribution >= 0.6 is 0 Å². The molecular formula is C15H16N3NaO6. The Morgan fingerprint density at radius 3 is 2.72 bits per heavy atom. The van der Waals surface area contributed by atoms with E-state index in [1.807, 2.05) is 0 Å². The number of methoxy groups -OCH3 is 1. The van der Waals surface area contributed by atoms with Crippen molar-refractivity contribution in [2.24, 2.45) is 11.7 Å². The van der Waals surface area contributed by atoms with Crippen LogP contribution in [0.25, 0.3) is 0 Å². The summed E-state index contributed by atoms with van der Waals surface area (Å²) in [6, 6.07) is 0.00139. The van der Waals surface area contributed by atoms with Gasteiger partial charge in [-0.2, -0.15) is 0 Å². The summed E-state index contributed by atoms with van der Waals surface area (Å²) >= 11 is 0. The molecule has 9 nitrogen and oxygen atoms in total. The zero-order valence-corrected chi connectivity index (χ0v) is 16.1. The fraction of sp³-hybridized carbons (Fsp3) is 0.533. The summed E-state index contributed by atoms with van der Waals surface area (Å²) in [5, 5.41) is 15.3. The number of carbonyl (C=O) groups is 3. The van der Waals surface area contributed by atoms with E-state index in [4.69, 9.17) is 15.2 Å². The third kappa shape index (κ3) is 2.16. The second kappa shape index (κ2) is 5.82. The molecule has 1 aliphatic carbocycles. The minimum Gasteiger partial charge on any atom is -0.870 e. The number of nitrogens with two attached hydrogens (primary N) is 1. The van der Waals surface area contributed by atoms with E-state index < -0.39 is 35.1 Å². The minimum absolute atomic E-state index is 0. The molecule has 0 radical (unpaired) electrons. The molecule has 1 amide bonds. The Morgan fingerprint density at radius 2 is 2.12 bits per heavy atom. The number of ether oxygens (including phenoxy) is 2. The Balaban J connectivity index is 0.00000182. The SMILES string of the molecule is CO[C@@]12[C@H](COC(N)=O)C3=C(C(=O)C(C)=C([O-])C3=O)N1C[C@@H]1N[C@@H]12.[Na+]. The smallest absolute Gasteiger partial charge is 0.870 e. The van der Waals surface area contributed by atoms with Crippen molar-refractivity contribution >= 4 is 17.7 Å². The molecule has 3 N–H and O–H groups in total. The third-order valence-corrected chi connectivity index (χ3v) is 5.37. The standard InChI is InChI=1S/C15H17N3O6.Na/c1-5-10(19)9-8(12(21)11(5)20)6(4-24-14(16)22)15(23-2)13-7(17-13)3-18(9)15;/h6-7,13,17,20H,3-4H2,1-2H3,(H2,16,22);/q;+1/p-1/t6-,7+,13+,15-;/m1./s1. The largest absolute Gasteiger partial charge is 1.00 e. The van der Waals surface area contributed by atoms with Gasteiger partial charge >= 0.3 is 35.7 Å². The summed E-state index contributed by atoms with van der Waals surface area (Å²) in [6.45, 7) is 1.59. The van der Waals surface area contributed by atoms with Crippen LogP contribution < -0.4 is 45.7 Å². The number of hydrogen-bond donors (Lipinski definition) is 2. The summed E-state index contributed by atoms with van der Waals surface area (Å²) in [5.74, 6) is -2.80. The summed E-state index contributed by atoms with van der Waals surface area (Å²) in [7, 11) is 1.47. The normalized spacial score (nSPS) is 35.3. The topological polar surface area (TPSA) is 144 Å². The molecule has 25 heavy (non-hydrogen) atoms. The molecule has 0 aromatic heterocycles. The van der Waals surface area contributed by atoms with Crippen LogP contribution in [-0.4, -0.2) is 60.6 Å². The van der Waals surface area contributed by atoms with Gasteiger partial charge in [0.05, 0.1) is 17.7 Å². The van der Waals surface area contributed by atoms with Crippen molar-refractivity contribution in [1.82, 2.24) is 10.2 Å². The molecule has 4 aliphatic rings. The molecule has 0 aromatic carbocycles. The van der Waals surface area contributed by atoms with Gasteiger partial charge < -0.3 is 30.5 Å². The fourth-order valence-corrected chi connectivity index (χ4v) is 4.27. The quantitative estimate of drug-likeness (QED) is 0.290. The number of Topliss-reactive ketones (excluding diaryl/α,β-unsaturated/α-hetero) is 2. The van der Waals surface area contributed by atoms with Crippen LogP contribution in [0.2, 0.25) is 0 Å². The monoisotopic (exact) mass is 357 g/mol. The average molecular weight is 357 g/mol. The van der Waals surface area contributed by atoms with Crippen LogP contribution in [0.15, 0.2) is 22.6 Å². The molecule has 3 aliphatic heterocycles. The maximum Gasteiger partial charge on any atom is 1.00 e. The Kier molecular flexibility index (Phi) is 4.28. The van der Waals surface area contributed by atoms with Crippen LogP contribution in [0, 0.1) is 5.92 Å². The first-order valence-electron chi connectivity index (χ1n) is 7.57. The number of primary amides is 1. The van der Waals surface area contributed by atoms with Crippen LogP contribution in [0.4, 0.5) is 4.79 Å². The van der Waals surface area contributed by atoms with Gasteiger partial charge in [0.15, 0.2) is 11.5 Å². The Hall–Kier alpha value is -1.39.